The number of aliphatic carboxylic acids is 1. The number of carboxylic acids is 1. The molecule has 0 aliphatic carbocycles. The minimum absolute atomic E-state index is 0.0413. The van der Waals surface area contributed by atoms with Crippen LogP contribution in [0.2, 0.25) is 0 Å². The predicted octanol–water partition coefficient (Wildman–Crippen LogP) is 1.82. The number of alkyl halides is 3. The normalized spacial score (nSPS) is 12.9. The van der Waals surface area contributed by atoms with Crippen LogP contribution in [0.25, 0.3) is 0 Å². The van der Waals surface area contributed by atoms with Crippen molar-refractivity contribution in [2.24, 2.45) is 0 Å². The molecule has 0 aliphatic heterocycles. The van der Waals surface area contributed by atoms with Gasteiger partial charge in [0.2, 0.25) is 11.8 Å². The Kier molecular flexibility index (Phi) is 4.74. The first-order chi connectivity index (χ1) is 8.97. The Morgan fingerprint density at radius 2 is 1.90 bits per heavy atom. The fourth-order valence-electron chi connectivity index (χ4n) is 1.42. The van der Waals surface area contributed by atoms with E-state index in [4.69, 9.17) is 9.52 Å². The van der Waals surface area contributed by atoms with Crippen LogP contribution in [0.4, 0.5) is 13.2 Å². The first-order valence-corrected chi connectivity index (χ1v) is 5.81. The Balaban J connectivity index is 2.79. The van der Waals surface area contributed by atoms with Crippen molar-refractivity contribution in [3.63, 3.8) is 0 Å². The summed E-state index contributed by atoms with van der Waals surface area (Å²) in [6.07, 6.45) is -4.50. The lowest BCUT2D eigenvalue weighted by atomic mass is 9.97. The Morgan fingerprint density at radius 1 is 1.30 bits per heavy atom. The van der Waals surface area contributed by atoms with E-state index < -0.39 is 30.7 Å². The standard InChI is InChI=1S/C11H16F3N3O3/c1-10(2,3)9-16-15-7(20-9)4-17(5-8(18)19)6-11(12,13)14/h4-6H2,1-3H3,(H,18,19). The molecular formula is C11H16F3N3O3. The molecule has 0 saturated carbocycles. The summed E-state index contributed by atoms with van der Waals surface area (Å²) < 4.78 is 42.3. The molecule has 0 aliphatic rings. The summed E-state index contributed by atoms with van der Waals surface area (Å²) in [5.41, 5.74) is -0.424. The van der Waals surface area contributed by atoms with Gasteiger partial charge in [0.15, 0.2) is 0 Å². The average Bonchev–Trinajstić information content (AvgIpc) is 2.61. The van der Waals surface area contributed by atoms with Crippen molar-refractivity contribution in [3.05, 3.63) is 11.8 Å². The zero-order valence-corrected chi connectivity index (χ0v) is 11.4. The molecule has 1 aromatic heterocycles. The fourth-order valence-corrected chi connectivity index (χ4v) is 1.42. The Bertz CT molecular complexity index is 465. The highest BCUT2D eigenvalue weighted by molar-refractivity contribution is 5.69. The molecule has 1 aromatic rings. The molecule has 1 rings (SSSR count). The number of hydrogen-bond acceptors (Lipinski definition) is 5. The molecular weight excluding hydrogens is 279 g/mol. The van der Waals surface area contributed by atoms with Crippen LogP contribution in [0.5, 0.6) is 0 Å². The molecule has 0 bridgehead atoms. The Morgan fingerprint density at radius 3 is 2.30 bits per heavy atom. The maximum Gasteiger partial charge on any atom is 0.401 e. The van der Waals surface area contributed by atoms with Gasteiger partial charge in [-0.05, 0) is 0 Å². The van der Waals surface area contributed by atoms with E-state index in [9.17, 15) is 18.0 Å². The van der Waals surface area contributed by atoms with E-state index in [1.807, 2.05) is 20.8 Å². The van der Waals surface area contributed by atoms with Crippen molar-refractivity contribution in [1.82, 2.24) is 15.1 Å². The fraction of sp³-hybridized carbons (Fsp3) is 0.727. The lowest BCUT2D eigenvalue weighted by molar-refractivity contribution is -0.155. The third-order valence-corrected chi connectivity index (χ3v) is 2.23. The van der Waals surface area contributed by atoms with E-state index in [2.05, 4.69) is 10.2 Å². The number of carboxylic acid groups (broad SMARTS) is 1. The van der Waals surface area contributed by atoms with Crippen LogP contribution in [-0.4, -0.2) is 45.4 Å². The summed E-state index contributed by atoms with van der Waals surface area (Å²) in [5.74, 6) is -1.11. The molecule has 9 heteroatoms. The molecule has 0 unspecified atom stereocenters. The van der Waals surface area contributed by atoms with E-state index in [1.54, 1.807) is 0 Å². The monoisotopic (exact) mass is 295 g/mol. The molecule has 0 amide bonds. The third kappa shape index (κ3) is 5.55. The highest BCUT2D eigenvalue weighted by atomic mass is 19.4. The number of aromatic nitrogens is 2. The van der Waals surface area contributed by atoms with Crippen molar-refractivity contribution in [2.75, 3.05) is 13.1 Å². The van der Waals surface area contributed by atoms with Gasteiger partial charge in [0.25, 0.3) is 0 Å². The van der Waals surface area contributed by atoms with E-state index in [0.29, 0.717) is 4.90 Å². The Labute approximate surface area is 113 Å². The number of halogens is 3. The summed E-state index contributed by atoms with van der Waals surface area (Å²) >= 11 is 0. The molecule has 0 spiro atoms. The van der Waals surface area contributed by atoms with Gasteiger partial charge in [-0.15, -0.1) is 10.2 Å². The van der Waals surface area contributed by atoms with Gasteiger partial charge in [-0.25, -0.2) is 0 Å². The molecule has 1 heterocycles. The molecule has 6 nitrogen and oxygen atoms in total. The minimum atomic E-state index is -4.50. The second kappa shape index (κ2) is 5.78. The quantitative estimate of drug-likeness (QED) is 0.892. The van der Waals surface area contributed by atoms with Crippen LogP contribution in [0.3, 0.4) is 0 Å². The number of hydrogen-bond donors (Lipinski definition) is 1. The maximum absolute atomic E-state index is 12.4. The van der Waals surface area contributed by atoms with Crippen molar-refractivity contribution in [1.29, 1.82) is 0 Å². The van der Waals surface area contributed by atoms with Gasteiger partial charge < -0.3 is 9.52 Å². The van der Waals surface area contributed by atoms with Gasteiger partial charge in [0, 0.05) is 5.41 Å². The molecule has 1 N–H and O–H groups in total. The third-order valence-electron chi connectivity index (χ3n) is 2.23. The molecule has 20 heavy (non-hydrogen) atoms. The maximum atomic E-state index is 12.4. The summed E-state index contributed by atoms with van der Waals surface area (Å²) in [7, 11) is 0. The van der Waals surface area contributed by atoms with Gasteiger partial charge in [0.05, 0.1) is 19.6 Å². The SMILES string of the molecule is CC(C)(C)c1nnc(CN(CC(=O)O)CC(F)(F)F)o1. The highest BCUT2D eigenvalue weighted by Gasteiger charge is 2.32. The van der Waals surface area contributed by atoms with Gasteiger partial charge >= 0.3 is 12.1 Å². The first kappa shape index (κ1) is 16.4. The molecule has 0 atom stereocenters. The largest absolute Gasteiger partial charge is 0.480 e. The lowest BCUT2D eigenvalue weighted by Gasteiger charge is -2.19. The zero-order valence-electron chi connectivity index (χ0n) is 11.4. The van der Waals surface area contributed by atoms with Crippen molar-refractivity contribution >= 4 is 5.97 Å². The molecule has 0 fully saturated rings. The van der Waals surface area contributed by atoms with Crippen LogP contribution in [0.1, 0.15) is 32.6 Å². The molecule has 114 valence electrons. The van der Waals surface area contributed by atoms with Crippen LogP contribution < -0.4 is 0 Å². The van der Waals surface area contributed by atoms with Crippen LogP contribution in [0, 0.1) is 0 Å². The van der Waals surface area contributed by atoms with Crippen molar-refractivity contribution < 1.29 is 27.5 Å². The van der Waals surface area contributed by atoms with Gasteiger partial charge in [-0.2, -0.15) is 13.2 Å². The van der Waals surface area contributed by atoms with E-state index in [0.717, 1.165) is 0 Å². The smallest absolute Gasteiger partial charge is 0.401 e. The summed E-state index contributed by atoms with van der Waals surface area (Å²) in [5, 5.41) is 16.0. The van der Waals surface area contributed by atoms with Crippen LogP contribution >= 0.6 is 0 Å². The van der Waals surface area contributed by atoms with Gasteiger partial charge in [0.1, 0.15) is 0 Å². The molecule has 0 saturated heterocycles. The number of carbonyl (C=O) groups is 1. The molecule has 0 radical (unpaired) electrons. The average molecular weight is 295 g/mol. The second-order valence-electron chi connectivity index (χ2n) is 5.41. The van der Waals surface area contributed by atoms with Crippen LogP contribution in [0.15, 0.2) is 4.42 Å². The van der Waals surface area contributed by atoms with E-state index in [-0.39, 0.29) is 18.3 Å². The van der Waals surface area contributed by atoms with E-state index >= 15 is 0 Å². The number of rotatable bonds is 5. The summed E-state index contributed by atoms with van der Waals surface area (Å²) in [4.78, 5) is 11.3. The number of nitrogens with zero attached hydrogens (tertiary/aromatic N) is 3. The van der Waals surface area contributed by atoms with Gasteiger partial charge in [-0.3, -0.25) is 9.69 Å². The van der Waals surface area contributed by atoms with Crippen molar-refractivity contribution in [3.8, 4) is 0 Å². The topological polar surface area (TPSA) is 79.5 Å². The zero-order chi connectivity index (χ0) is 15.6. The van der Waals surface area contributed by atoms with Crippen molar-refractivity contribution in [2.45, 2.75) is 38.9 Å². The molecule has 0 aromatic carbocycles. The summed E-state index contributed by atoms with van der Waals surface area (Å²) in [6, 6.07) is 0. The predicted molar refractivity (Wildman–Crippen MR) is 62.0 cm³/mol. The highest BCUT2D eigenvalue weighted by Crippen LogP contribution is 2.22. The summed E-state index contributed by atoms with van der Waals surface area (Å²) in [6.45, 7) is 2.97. The first-order valence-electron chi connectivity index (χ1n) is 5.81. The minimum Gasteiger partial charge on any atom is -0.480 e. The van der Waals surface area contributed by atoms with Gasteiger partial charge in [-0.1, -0.05) is 20.8 Å². The lowest BCUT2D eigenvalue weighted by Crippen LogP contribution is -2.37. The second-order valence-corrected chi connectivity index (χ2v) is 5.41. The van der Waals surface area contributed by atoms with Crippen LogP contribution in [-0.2, 0) is 16.8 Å². The Hall–Kier alpha value is -1.64. The van der Waals surface area contributed by atoms with E-state index in [1.165, 1.54) is 0 Å².